The van der Waals surface area contributed by atoms with Crippen LogP contribution < -0.4 is 10.6 Å². The van der Waals surface area contributed by atoms with Crippen LogP contribution in [0.3, 0.4) is 0 Å². The zero-order chi connectivity index (χ0) is 12.4. The Morgan fingerprint density at radius 2 is 2.06 bits per heavy atom. The lowest BCUT2D eigenvalue weighted by Crippen LogP contribution is -2.38. The number of rotatable bonds is 3. The monoisotopic (exact) mass is 236 g/mol. The van der Waals surface area contributed by atoms with Gasteiger partial charge in [0.15, 0.2) is 11.5 Å². The second-order valence-corrected chi connectivity index (χ2v) is 4.86. The number of phenols is 2. The van der Waals surface area contributed by atoms with Gasteiger partial charge in [-0.25, -0.2) is 0 Å². The number of nitrogens with one attached hydrogen (secondary N) is 2. The Bertz CT molecular complexity index is 405. The molecular weight excluding hydrogens is 216 g/mol. The van der Waals surface area contributed by atoms with E-state index in [1.54, 1.807) is 12.1 Å². The summed E-state index contributed by atoms with van der Waals surface area (Å²) >= 11 is 0. The molecule has 2 rings (SSSR count). The van der Waals surface area contributed by atoms with Crippen molar-refractivity contribution in [1.29, 1.82) is 0 Å². The van der Waals surface area contributed by atoms with E-state index in [1.165, 1.54) is 0 Å². The van der Waals surface area contributed by atoms with E-state index in [0.29, 0.717) is 6.04 Å². The maximum absolute atomic E-state index is 9.57. The zero-order valence-electron chi connectivity index (χ0n) is 10.3. The van der Waals surface area contributed by atoms with Gasteiger partial charge in [-0.1, -0.05) is 13.8 Å². The fourth-order valence-electron chi connectivity index (χ4n) is 2.20. The van der Waals surface area contributed by atoms with Gasteiger partial charge in [-0.05, 0) is 36.2 Å². The zero-order valence-corrected chi connectivity index (χ0v) is 10.3. The molecule has 94 valence electrons. The molecule has 4 heteroatoms. The summed E-state index contributed by atoms with van der Waals surface area (Å²) in [7, 11) is 0. The predicted molar refractivity (Wildman–Crippen MR) is 67.4 cm³/mol. The summed E-state index contributed by atoms with van der Waals surface area (Å²) in [6.45, 7) is 5.95. The highest BCUT2D eigenvalue weighted by molar-refractivity contribution is 5.47. The van der Waals surface area contributed by atoms with Crippen molar-refractivity contribution in [3.8, 4) is 11.5 Å². The molecule has 17 heavy (non-hydrogen) atoms. The summed E-state index contributed by atoms with van der Waals surface area (Å²) in [5.41, 5.74) is 2.20. The SMILES string of the molecule is CC(C)NC[C@H]1NCCc2cc(O)c(O)cc21. The van der Waals surface area contributed by atoms with Crippen LogP contribution in [0.2, 0.25) is 0 Å². The lowest BCUT2D eigenvalue weighted by Gasteiger charge is -2.28. The van der Waals surface area contributed by atoms with Gasteiger partial charge in [-0.2, -0.15) is 0 Å². The lowest BCUT2D eigenvalue weighted by molar-refractivity contribution is 0.395. The summed E-state index contributed by atoms with van der Waals surface area (Å²) in [6, 6.07) is 3.98. The molecule has 1 heterocycles. The highest BCUT2D eigenvalue weighted by Crippen LogP contribution is 2.33. The summed E-state index contributed by atoms with van der Waals surface area (Å²) in [4.78, 5) is 0. The van der Waals surface area contributed by atoms with Crippen molar-refractivity contribution >= 4 is 0 Å². The van der Waals surface area contributed by atoms with Crippen LogP contribution in [0.15, 0.2) is 12.1 Å². The van der Waals surface area contributed by atoms with Gasteiger partial charge < -0.3 is 20.8 Å². The van der Waals surface area contributed by atoms with Crippen LogP contribution in [0.25, 0.3) is 0 Å². The predicted octanol–water partition coefficient (Wildman–Crippen LogP) is 1.28. The van der Waals surface area contributed by atoms with Crippen LogP contribution in [-0.2, 0) is 6.42 Å². The topological polar surface area (TPSA) is 64.5 Å². The molecule has 4 nitrogen and oxygen atoms in total. The highest BCUT2D eigenvalue weighted by atomic mass is 16.3. The third kappa shape index (κ3) is 2.70. The molecule has 0 aromatic heterocycles. The Labute approximate surface area is 102 Å². The average Bonchev–Trinajstić information content (AvgIpc) is 2.28. The minimum absolute atomic E-state index is 0.0266. The number of benzene rings is 1. The normalized spacial score (nSPS) is 19.4. The highest BCUT2D eigenvalue weighted by Gasteiger charge is 2.21. The van der Waals surface area contributed by atoms with Gasteiger partial charge in [-0.15, -0.1) is 0 Å². The molecular formula is C13H20N2O2. The minimum atomic E-state index is -0.0398. The standard InChI is InChI=1S/C13H20N2O2/c1-8(2)15-7-11-10-6-13(17)12(16)5-9(10)3-4-14-11/h5-6,8,11,14-17H,3-4,7H2,1-2H3/t11-/m1/s1. The summed E-state index contributed by atoms with van der Waals surface area (Å²) < 4.78 is 0. The molecule has 1 aliphatic rings. The van der Waals surface area contributed by atoms with Crippen LogP contribution in [0.5, 0.6) is 11.5 Å². The fourth-order valence-corrected chi connectivity index (χ4v) is 2.20. The fraction of sp³-hybridized carbons (Fsp3) is 0.538. The van der Waals surface area contributed by atoms with Gasteiger partial charge in [0.05, 0.1) is 0 Å². The van der Waals surface area contributed by atoms with E-state index in [0.717, 1.165) is 30.6 Å². The molecule has 0 unspecified atom stereocenters. The van der Waals surface area contributed by atoms with Crippen molar-refractivity contribution < 1.29 is 10.2 Å². The molecule has 0 spiro atoms. The second-order valence-electron chi connectivity index (χ2n) is 4.86. The van der Waals surface area contributed by atoms with E-state index in [9.17, 15) is 10.2 Å². The maximum atomic E-state index is 9.57. The molecule has 1 atom stereocenters. The molecule has 4 N–H and O–H groups in total. The number of fused-ring (bicyclic) bond motifs is 1. The van der Waals surface area contributed by atoms with Crippen LogP contribution in [0.4, 0.5) is 0 Å². The second kappa shape index (κ2) is 4.94. The molecule has 0 bridgehead atoms. The van der Waals surface area contributed by atoms with E-state index >= 15 is 0 Å². The van der Waals surface area contributed by atoms with E-state index in [-0.39, 0.29) is 17.5 Å². The quantitative estimate of drug-likeness (QED) is 0.597. The van der Waals surface area contributed by atoms with Gasteiger partial charge in [0.1, 0.15) is 0 Å². The van der Waals surface area contributed by atoms with Gasteiger partial charge in [0.2, 0.25) is 0 Å². The van der Waals surface area contributed by atoms with Crippen molar-refractivity contribution in [3.63, 3.8) is 0 Å². The van der Waals surface area contributed by atoms with Crippen molar-refractivity contribution in [3.05, 3.63) is 23.3 Å². The maximum Gasteiger partial charge on any atom is 0.157 e. The third-order valence-electron chi connectivity index (χ3n) is 3.13. The van der Waals surface area contributed by atoms with Gasteiger partial charge >= 0.3 is 0 Å². The Balaban J connectivity index is 2.21. The molecule has 0 amide bonds. The van der Waals surface area contributed by atoms with Crippen molar-refractivity contribution in [2.45, 2.75) is 32.4 Å². The Morgan fingerprint density at radius 1 is 1.35 bits per heavy atom. The first-order valence-corrected chi connectivity index (χ1v) is 6.09. The summed E-state index contributed by atoms with van der Waals surface area (Å²) in [5.74, 6) is -0.0665. The van der Waals surface area contributed by atoms with Gasteiger partial charge in [-0.3, -0.25) is 0 Å². The average molecular weight is 236 g/mol. The third-order valence-corrected chi connectivity index (χ3v) is 3.13. The van der Waals surface area contributed by atoms with E-state index in [1.807, 2.05) is 0 Å². The molecule has 0 aliphatic carbocycles. The summed E-state index contributed by atoms with van der Waals surface area (Å²) in [5, 5.41) is 25.9. The molecule has 1 aromatic carbocycles. The molecule has 1 aliphatic heterocycles. The van der Waals surface area contributed by atoms with Gasteiger partial charge in [0.25, 0.3) is 0 Å². The first-order valence-electron chi connectivity index (χ1n) is 6.09. The number of phenolic OH excluding ortho intramolecular Hbond substituents is 2. The van der Waals surface area contributed by atoms with Crippen molar-refractivity contribution in [2.75, 3.05) is 13.1 Å². The van der Waals surface area contributed by atoms with E-state index in [4.69, 9.17) is 0 Å². The summed E-state index contributed by atoms with van der Waals surface area (Å²) in [6.07, 6.45) is 0.890. The first-order chi connectivity index (χ1) is 8.08. The van der Waals surface area contributed by atoms with Crippen LogP contribution in [0.1, 0.15) is 31.0 Å². The lowest BCUT2D eigenvalue weighted by atomic mass is 9.93. The Morgan fingerprint density at radius 3 is 2.76 bits per heavy atom. The largest absolute Gasteiger partial charge is 0.504 e. The number of hydrogen-bond acceptors (Lipinski definition) is 4. The molecule has 0 radical (unpaired) electrons. The van der Waals surface area contributed by atoms with Crippen LogP contribution in [-0.4, -0.2) is 29.3 Å². The minimum Gasteiger partial charge on any atom is -0.504 e. The van der Waals surface area contributed by atoms with Gasteiger partial charge in [0, 0.05) is 18.6 Å². The smallest absolute Gasteiger partial charge is 0.157 e. The number of hydrogen-bond donors (Lipinski definition) is 4. The van der Waals surface area contributed by atoms with Crippen molar-refractivity contribution in [1.82, 2.24) is 10.6 Å². The molecule has 0 saturated heterocycles. The van der Waals surface area contributed by atoms with E-state index in [2.05, 4.69) is 24.5 Å². The first kappa shape index (κ1) is 12.2. The van der Waals surface area contributed by atoms with Crippen molar-refractivity contribution in [2.24, 2.45) is 0 Å². The van der Waals surface area contributed by atoms with Crippen LogP contribution >= 0.6 is 0 Å². The van der Waals surface area contributed by atoms with Crippen LogP contribution in [0, 0.1) is 0 Å². The number of aromatic hydroxyl groups is 2. The molecule has 0 fully saturated rings. The molecule has 0 saturated carbocycles. The van der Waals surface area contributed by atoms with E-state index < -0.39 is 0 Å². The Hall–Kier alpha value is -1.26. The Kier molecular flexibility index (Phi) is 3.54. The molecule has 1 aromatic rings.